The van der Waals surface area contributed by atoms with Crippen LogP contribution in [-0.2, 0) is 0 Å². The van der Waals surface area contributed by atoms with Gasteiger partial charge in [-0.15, -0.1) is 0 Å². The fourth-order valence-electron chi connectivity index (χ4n) is 10.9. The zero-order valence-corrected chi connectivity index (χ0v) is 45.0. The maximum absolute atomic E-state index is 6.00. The van der Waals surface area contributed by atoms with Crippen LogP contribution < -0.4 is 11.1 Å². The van der Waals surface area contributed by atoms with Crippen molar-refractivity contribution < 1.29 is 0 Å². The molecule has 3 heteroatoms. The quantitative estimate of drug-likeness (QED) is 0.0598. The minimum atomic E-state index is 0.172. The Hall–Kier alpha value is -0.120. The molecule has 0 amide bonds. The lowest BCUT2D eigenvalue weighted by Crippen LogP contribution is -2.64. The van der Waals surface area contributed by atoms with Crippen molar-refractivity contribution in [3.63, 3.8) is 0 Å². The predicted octanol–water partition coefficient (Wildman–Crippen LogP) is 19.5. The maximum Gasteiger partial charge on any atom is 0.0266 e. The summed E-state index contributed by atoms with van der Waals surface area (Å²) < 4.78 is 0. The van der Waals surface area contributed by atoms with Gasteiger partial charge in [0, 0.05) is 12.1 Å². The van der Waals surface area contributed by atoms with Crippen molar-refractivity contribution in [3.8, 4) is 0 Å². The van der Waals surface area contributed by atoms with E-state index < -0.39 is 0 Å². The Bertz CT molecular complexity index is 817. The predicted molar refractivity (Wildman–Crippen MR) is 285 cm³/mol. The van der Waals surface area contributed by atoms with E-state index in [4.69, 9.17) is 5.73 Å². The zero-order valence-electron chi connectivity index (χ0n) is 45.0. The van der Waals surface area contributed by atoms with Crippen molar-refractivity contribution in [1.29, 1.82) is 0 Å². The SMILES string of the molecule is CCCCCCCCCCCCN(CCCCCCCCCCCC)C(CCCCCCCCCCCC)(CCCCCCCCCCCC)C(C)(C)C(C)(C)CNCCCN. The van der Waals surface area contributed by atoms with Crippen molar-refractivity contribution in [1.82, 2.24) is 10.2 Å². The first-order valence-corrected chi connectivity index (χ1v) is 29.4. The molecule has 0 aromatic heterocycles. The third-order valence-corrected chi connectivity index (χ3v) is 16.0. The number of hydrogen-bond donors (Lipinski definition) is 2. The fourth-order valence-corrected chi connectivity index (χ4v) is 10.9. The largest absolute Gasteiger partial charge is 0.330 e. The number of nitrogens with two attached hydrogens (primary N) is 1. The molecule has 0 unspecified atom stereocenters. The highest BCUT2D eigenvalue weighted by molar-refractivity contribution is 5.08. The molecule has 0 atom stereocenters. The van der Waals surface area contributed by atoms with Gasteiger partial charge < -0.3 is 11.1 Å². The van der Waals surface area contributed by atoms with Crippen LogP contribution in [-0.4, -0.2) is 43.2 Å². The molecule has 0 heterocycles. The molecule has 374 valence electrons. The Morgan fingerprint density at radius 3 is 0.871 bits per heavy atom. The van der Waals surface area contributed by atoms with E-state index in [9.17, 15) is 0 Å². The van der Waals surface area contributed by atoms with Crippen molar-refractivity contribution in [2.24, 2.45) is 16.6 Å². The lowest BCUT2D eigenvalue weighted by Gasteiger charge is -2.61. The highest BCUT2D eigenvalue weighted by atomic mass is 15.2. The average molecular weight is 875 g/mol. The van der Waals surface area contributed by atoms with Crippen molar-refractivity contribution in [3.05, 3.63) is 0 Å². The first-order valence-electron chi connectivity index (χ1n) is 29.4. The summed E-state index contributed by atoms with van der Waals surface area (Å²) in [7, 11) is 0. The van der Waals surface area contributed by atoms with Gasteiger partial charge >= 0.3 is 0 Å². The fraction of sp³-hybridized carbons (Fsp3) is 1.00. The number of nitrogens with zero attached hydrogens (tertiary/aromatic N) is 1. The molecule has 0 rings (SSSR count). The first-order chi connectivity index (χ1) is 30.2. The molecule has 0 aliphatic carbocycles. The van der Waals surface area contributed by atoms with Crippen LogP contribution in [0.15, 0.2) is 0 Å². The summed E-state index contributed by atoms with van der Waals surface area (Å²) in [6.07, 6.45) is 60.9. The van der Waals surface area contributed by atoms with E-state index in [0.717, 1.165) is 26.1 Å². The van der Waals surface area contributed by atoms with Gasteiger partial charge in [0.2, 0.25) is 0 Å². The Labute approximate surface area is 395 Å². The normalized spacial score (nSPS) is 12.7. The van der Waals surface area contributed by atoms with Crippen LogP contribution in [0, 0.1) is 10.8 Å². The minimum Gasteiger partial charge on any atom is -0.330 e. The van der Waals surface area contributed by atoms with Gasteiger partial charge in [0.25, 0.3) is 0 Å². The topological polar surface area (TPSA) is 41.3 Å². The molecule has 0 radical (unpaired) electrons. The lowest BCUT2D eigenvalue weighted by atomic mass is 9.53. The molecule has 0 saturated heterocycles. The summed E-state index contributed by atoms with van der Waals surface area (Å²) in [6.45, 7) is 25.6. The van der Waals surface area contributed by atoms with Crippen LogP contribution in [0.3, 0.4) is 0 Å². The molecule has 0 saturated carbocycles. The second-order valence-corrected chi connectivity index (χ2v) is 22.1. The third kappa shape index (κ3) is 31.7. The molecular formula is C59H123N3. The van der Waals surface area contributed by atoms with E-state index in [-0.39, 0.29) is 16.4 Å². The summed E-state index contributed by atoms with van der Waals surface area (Å²) >= 11 is 0. The van der Waals surface area contributed by atoms with Crippen LogP contribution in [0.4, 0.5) is 0 Å². The van der Waals surface area contributed by atoms with Crippen molar-refractivity contribution in [2.75, 3.05) is 32.7 Å². The van der Waals surface area contributed by atoms with Gasteiger partial charge in [-0.3, -0.25) is 4.90 Å². The van der Waals surface area contributed by atoms with E-state index in [1.807, 2.05) is 0 Å². The highest BCUT2D eigenvalue weighted by Crippen LogP contribution is 2.54. The van der Waals surface area contributed by atoms with Gasteiger partial charge in [-0.05, 0) is 69.1 Å². The van der Waals surface area contributed by atoms with Gasteiger partial charge in [-0.2, -0.15) is 0 Å². The van der Waals surface area contributed by atoms with E-state index in [2.05, 4.69) is 65.6 Å². The molecule has 3 N–H and O–H groups in total. The smallest absolute Gasteiger partial charge is 0.0266 e. The molecule has 3 nitrogen and oxygen atoms in total. The second-order valence-electron chi connectivity index (χ2n) is 22.1. The van der Waals surface area contributed by atoms with Gasteiger partial charge in [-0.25, -0.2) is 0 Å². The van der Waals surface area contributed by atoms with Gasteiger partial charge in [-0.1, -0.05) is 299 Å². The van der Waals surface area contributed by atoms with E-state index in [0.29, 0.717) is 0 Å². The molecule has 0 aromatic rings. The summed E-state index contributed by atoms with van der Waals surface area (Å²) in [5.74, 6) is 0. The van der Waals surface area contributed by atoms with E-state index >= 15 is 0 Å². The summed E-state index contributed by atoms with van der Waals surface area (Å²) in [6, 6.07) is 0. The molecule has 0 aromatic carbocycles. The Balaban J connectivity index is 6.33. The Morgan fingerprint density at radius 1 is 0.339 bits per heavy atom. The molecule has 0 aliphatic heterocycles. The summed E-state index contributed by atoms with van der Waals surface area (Å²) in [4.78, 5) is 3.21. The van der Waals surface area contributed by atoms with Crippen LogP contribution in [0.2, 0.25) is 0 Å². The number of unbranched alkanes of at least 4 members (excludes halogenated alkanes) is 36. The monoisotopic (exact) mass is 874 g/mol. The van der Waals surface area contributed by atoms with Gasteiger partial charge in [0.1, 0.15) is 0 Å². The standard InChI is InChI=1S/C59H123N3/c1-9-13-17-21-25-29-33-37-41-45-50-59(51-46-42-38-34-30-26-22-18-14-10-2,58(7,8)57(5,6)56-61-53-49-52-60)62(54-47-43-39-35-31-27-23-19-15-11-3)55-48-44-40-36-32-28-24-20-16-12-4/h61H,9-56,60H2,1-8H3. The summed E-state index contributed by atoms with van der Waals surface area (Å²) in [5, 5.41) is 3.94. The maximum atomic E-state index is 6.00. The van der Waals surface area contributed by atoms with Crippen LogP contribution in [0.5, 0.6) is 0 Å². The highest BCUT2D eigenvalue weighted by Gasteiger charge is 2.54. The first kappa shape index (κ1) is 61.9. The number of hydrogen-bond acceptors (Lipinski definition) is 3. The molecule has 0 spiro atoms. The third-order valence-electron chi connectivity index (χ3n) is 16.0. The van der Waals surface area contributed by atoms with Crippen molar-refractivity contribution in [2.45, 2.75) is 337 Å². The summed E-state index contributed by atoms with van der Waals surface area (Å²) in [5.41, 5.74) is 6.57. The molecule has 0 bridgehead atoms. The average Bonchev–Trinajstić information content (AvgIpc) is 3.26. The van der Waals surface area contributed by atoms with Crippen LogP contribution in [0.25, 0.3) is 0 Å². The molecular weight excluding hydrogens is 751 g/mol. The Kier molecular flexibility index (Phi) is 44.6. The second kappa shape index (κ2) is 44.7. The van der Waals surface area contributed by atoms with Gasteiger partial charge in [0.15, 0.2) is 0 Å². The molecule has 0 aliphatic rings. The van der Waals surface area contributed by atoms with Gasteiger partial charge in [0.05, 0.1) is 0 Å². The molecule has 62 heavy (non-hydrogen) atoms. The van der Waals surface area contributed by atoms with Crippen LogP contribution in [0.1, 0.15) is 331 Å². The van der Waals surface area contributed by atoms with E-state index in [1.165, 1.54) is 283 Å². The minimum absolute atomic E-state index is 0.172. The number of nitrogens with one attached hydrogen (secondary N) is 1. The Morgan fingerprint density at radius 2 is 0.597 bits per heavy atom. The van der Waals surface area contributed by atoms with Crippen LogP contribution >= 0.6 is 0 Å². The van der Waals surface area contributed by atoms with E-state index in [1.54, 1.807) is 0 Å². The number of rotatable bonds is 52. The zero-order chi connectivity index (χ0) is 45.7. The molecule has 0 fully saturated rings. The van der Waals surface area contributed by atoms with Crippen molar-refractivity contribution >= 4 is 0 Å². The lowest BCUT2D eigenvalue weighted by molar-refractivity contribution is -0.0986.